The number of aromatic nitrogens is 4. The first-order valence-corrected chi connectivity index (χ1v) is 12.3. The fraction of sp³-hybridized carbons (Fsp3) is 0.222. The first-order valence-electron chi connectivity index (χ1n) is 12.3. The Morgan fingerprint density at radius 3 is 2.84 bits per heavy atom. The summed E-state index contributed by atoms with van der Waals surface area (Å²) in [5.41, 5.74) is 3.91. The number of ether oxygens (including phenoxy) is 1. The minimum absolute atomic E-state index is 0.0441. The fourth-order valence-corrected chi connectivity index (χ4v) is 4.91. The van der Waals surface area contributed by atoms with Gasteiger partial charge in [0.25, 0.3) is 0 Å². The van der Waals surface area contributed by atoms with Crippen molar-refractivity contribution >= 4 is 56.5 Å². The minimum Gasteiger partial charge on any atom is -0.495 e. The Bertz CT molecular complexity index is 1670. The molecule has 5 aromatic rings. The lowest BCUT2D eigenvalue weighted by atomic mass is 10.1. The highest BCUT2D eigenvalue weighted by atomic mass is 16.5. The highest BCUT2D eigenvalue weighted by Gasteiger charge is 2.27. The predicted octanol–water partition coefficient (Wildman–Crippen LogP) is 4.09. The summed E-state index contributed by atoms with van der Waals surface area (Å²) in [4.78, 5) is 31.9. The molecule has 0 saturated carbocycles. The number of anilines is 5. The lowest BCUT2D eigenvalue weighted by Gasteiger charge is -2.21. The Morgan fingerprint density at radius 2 is 2.03 bits per heavy atom. The van der Waals surface area contributed by atoms with Crippen LogP contribution in [0.1, 0.15) is 5.56 Å². The van der Waals surface area contributed by atoms with Crippen molar-refractivity contribution in [3.8, 4) is 11.6 Å². The summed E-state index contributed by atoms with van der Waals surface area (Å²) in [7, 11) is 5.38. The molecule has 0 spiro atoms. The molecule has 1 aliphatic heterocycles. The summed E-state index contributed by atoms with van der Waals surface area (Å²) in [5.74, 6) is 1.67. The highest BCUT2D eigenvalue weighted by Crippen LogP contribution is 2.39. The van der Waals surface area contributed by atoms with Crippen molar-refractivity contribution in [1.82, 2.24) is 24.8 Å². The number of likely N-dealkylation sites (N-methyl/N-ethyl adjacent to an activating group) is 1. The zero-order valence-corrected chi connectivity index (χ0v) is 21.3. The standard InChI is InChI=1S/C27H28N8O3/c1-34(2)14-22(36)35-10-8-15-11-21(38-3)19(12-20(15)35)31-27-32-24-17(7-9-28-24)25(33-27)30-18-6-4-5-16-13-29-26(37)23(16)18/h4-7,9,11-13,29,37H,8,10,14H2,1-3H3,(H3,28,30,31,32,33). The van der Waals surface area contributed by atoms with Crippen molar-refractivity contribution < 1.29 is 14.6 Å². The Kier molecular flexibility index (Phi) is 5.76. The number of benzene rings is 2. The number of H-pyrrole nitrogens is 2. The van der Waals surface area contributed by atoms with Crippen LogP contribution in [0.4, 0.5) is 28.8 Å². The van der Waals surface area contributed by atoms with Crippen LogP contribution in [-0.2, 0) is 11.2 Å². The number of aromatic hydroxyl groups is 1. The number of methoxy groups -OCH3 is 1. The van der Waals surface area contributed by atoms with Crippen LogP contribution in [0.15, 0.2) is 48.8 Å². The van der Waals surface area contributed by atoms with E-state index >= 15 is 0 Å². The van der Waals surface area contributed by atoms with Crippen LogP contribution in [0.5, 0.6) is 11.6 Å². The quantitative estimate of drug-likeness (QED) is 0.220. The van der Waals surface area contributed by atoms with E-state index in [1.54, 1.807) is 19.5 Å². The lowest BCUT2D eigenvalue weighted by molar-refractivity contribution is -0.119. The van der Waals surface area contributed by atoms with E-state index in [0.29, 0.717) is 53.0 Å². The van der Waals surface area contributed by atoms with Gasteiger partial charge in [0, 0.05) is 30.0 Å². The average molecular weight is 513 g/mol. The summed E-state index contributed by atoms with van der Waals surface area (Å²) in [6.45, 7) is 0.963. The van der Waals surface area contributed by atoms with Gasteiger partial charge >= 0.3 is 0 Å². The lowest BCUT2D eigenvalue weighted by Crippen LogP contribution is -2.36. The molecule has 0 radical (unpaired) electrons. The maximum Gasteiger partial charge on any atom is 0.241 e. The first-order chi connectivity index (χ1) is 18.4. The summed E-state index contributed by atoms with van der Waals surface area (Å²) in [6, 6.07) is 11.5. The van der Waals surface area contributed by atoms with E-state index in [1.807, 2.05) is 60.3 Å². The van der Waals surface area contributed by atoms with Gasteiger partial charge in [0.2, 0.25) is 11.9 Å². The molecule has 0 bridgehead atoms. The van der Waals surface area contributed by atoms with Gasteiger partial charge < -0.3 is 40.2 Å². The number of fused-ring (bicyclic) bond motifs is 3. The third-order valence-electron chi connectivity index (χ3n) is 6.66. The van der Waals surface area contributed by atoms with Crippen LogP contribution in [0.2, 0.25) is 0 Å². The number of amides is 1. The van der Waals surface area contributed by atoms with Crippen LogP contribution in [0, 0.1) is 0 Å². The van der Waals surface area contributed by atoms with E-state index in [9.17, 15) is 9.90 Å². The highest BCUT2D eigenvalue weighted by molar-refractivity contribution is 6.01. The van der Waals surface area contributed by atoms with Gasteiger partial charge in [-0.15, -0.1) is 0 Å². The van der Waals surface area contributed by atoms with E-state index in [0.717, 1.165) is 28.4 Å². The molecule has 4 heterocycles. The molecular weight excluding hydrogens is 484 g/mol. The van der Waals surface area contributed by atoms with Crippen molar-refractivity contribution in [3.63, 3.8) is 0 Å². The molecule has 0 atom stereocenters. The van der Waals surface area contributed by atoms with Gasteiger partial charge in [0.1, 0.15) is 17.2 Å². The Morgan fingerprint density at radius 1 is 1.16 bits per heavy atom. The second-order valence-corrected chi connectivity index (χ2v) is 9.51. The third kappa shape index (κ3) is 4.12. The maximum absolute atomic E-state index is 12.9. The molecule has 5 N–H and O–H groups in total. The van der Waals surface area contributed by atoms with Crippen molar-refractivity contribution in [2.45, 2.75) is 6.42 Å². The van der Waals surface area contributed by atoms with Crippen LogP contribution >= 0.6 is 0 Å². The molecule has 11 heteroatoms. The zero-order chi connectivity index (χ0) is 26.4. The molecule has 1 aliphatic rings. The van der Waals surface area contributed by atoms with Gasteiger partial charge in [-0.05, 0) is 50.3 Å². The van der Waals surface area contributed by atoms with Crippen molar-refractivity contribution in [3.05, 3.63) is 54.4 Å². The molecule has 6 rings (SSSR count). The Balaban J connectivity index is 1.37. The molecule has 0 saturated heterocycles. The summed E-state index contributed by atoms with van der Waals surface area (Å²) in [5, 5.41) is 19.3. The second-order valence-electron chi connectivity index (χ2n) is 9.51. The number of carbonyl (C=O) groups excluding carboxylic acids is 1. The number of carbonyl (C=O) groups is 1. The molecule has 3 aromatic heterocycles. The molecular formula is C27H28N8O3. The molecule has 2 aromatic carbocycles. The van der Waals surface area contributed by atoms with E-state index in [4.69, 9.17) is 9.72 Å². The smallest absolute Gasteiger partial charge is 0.241 e. The summed E-state index contributed by atoms with van der Waals surface area (Å²) >= 11 is 0. The van der Waals surface area contributed by atoms with Gasteiger partial charge in [-0.3, -0.25) is 4.79 Å². The van der Waals surface area contributed by atoms with E-state index in [-0.39, 0.29) is 11.8 Å². The molecule has 11 nitrogen and oxygen atoms in total. The summed E-state index contributed by atoms with van der Waals surface area (Å²) < 4.78 is 5.67. The molecule has 0 unspecified atom stereocenters. The van der Waals surface area contributed by atoms with E-state index < -0.39 is 0 Å². The maximum atomic E-state index is 12.9. The molecule has 1 amide bonds. The number of nitrogens with zero attached hydrogens (tertiary/aromatic N) is 4. The van der Waals surface area contributed by atoms with Gasteiger partial charge in [-0.2, -0.15) is 9.97 Å². The van der Waals surface area contributed by atoms with Crippen LogP contribution in [0.25, 0.3) is 21.8 Å². The van der Waals surface area contributed by atoms with Crippen LogP contribution in [-0.4, -0.2) is 70.1 Å². The van der Waals surface area contributed by atoms with Gasteiger partial charge in [-0.1, -0.05) is 12.1 Å². The average Bonchev–Trinajstić information content (AvgIpc) is 3.62. The minimum atomic E-state index is 0.0441. The number of nitrogens with one attached hydrogen (secondary N) is 4. The SMILES string of the molecule is COc1cc2c(cc1Nc1nc(Nc3cccc4c[nH]c(O)c34)c3cc[nH]c3n1)N(C(=O)CN(C)C)CC2. The number of rotatable bonds is 7. The zero-order valence-electron chi connectivity index (χ0n) is 21.3. The molecule has 194 valence electrons. The van der Waals surface area contributed by atoms with Crippen LogP contribution in [0.3, 0.4) is 0 Å². The van der Waals surface area contributed by atoms with Crippen molar-refractivity contribution in [2.24, 2.45) is 0 Å². The summed E-state index contributed by atoms with van der Waals surface area (Å²) in [6.07, 6.45) is 4.32. The first kappa shape index (κ1) is 23.6. The molecule has 38 heavy (non-hydrogen) atoms. The Labute approximate surface area is 218 Å². The van der Waals surface area contributed by atoms with Crippen LogP contribution < -0.4 is 20.3 Å². The third-order valence-corrected chi connectivity index (χ3v) is 6.66. The number of hydrogen-bond acceptors (Lipinski definition) is 8. The normalized spacial score (nSPS) is 12.9. The van der Waals surface area contributed by atoms with Gasteiger partial charge in [0.15, 0.2) is 5.88 Å². The number of aromatic amines is 2. The molecule has 0 fully saturated rings. The van der Waals surface area contributed by atoms with Crippen molar-refractivity contribution in [2.75, 3.05) is 49.8 Å². The predicted molar refractivity (Wildman–Crippen MR) is 148 cm³/mol. The van der Waals surface area contributed by atoms with Crippen molar-refractivity contribution in [1.29, 1.82) is 0 Å². The topological polar surface area (TPSA) is 134 Å². The second kappa shape index (κ2) is 9.27. The molecule has 0 aliphatic carbocycles. The van der Waals surface area contributed by atoms with E-state index in [2.05, 4.69) is 25.6 Å². The fourth-order valence-electron chi connectivity index (χ4n) is 4.91. The largest absolute Gasteiger partial charge is 0.495 e. The van der Waals surface area contributed by atoms with Gasteiger partial charge in [-0.25, -0.2) is 0 Å². The Hall–Kier alpha value is -4.77. The monoisotopic (exact) mass is 512 g/mol. The number of hydrogen-bond donors (Lipinski definition) is 5. The van der Waals surface area contributed by atoms with E-state index in [1.165, 1.54) is 0 Å². The van der Waals surface area contributed by atoms with Gasteiger partial charge in [0.05, 0.1) is 35.8 Å².